The number of nitrogens with zero attached hydrogens (tertiary/aromatic N) is 4. The highest BCUT2D eigenvalue weighted by Crippen LogP contribution is 2.43. The number of hydrogen-bond donors (Lipinski definition) is 0. The Morgan fingerprint density at radius 2 is 1.88 bits per heavy atom. The van der Waals surface area contributed by atoms with E-state index in [1.54, 1.807) is 18.5 Å². The van der Waals surface area contributed by atoms with Crippen LogP contribution in [0.3, 0.4) is 0 Å². The zero-order valence-corrected chi connectivity index (χ0v) is 18.5. The van der Waals surface area contributed by atoms with E-state index in [1.165, 1.54) is 6.33 Å². The minimum absolute atomic E-state index is 0.0231. The summed E-state index contributed by atoms with van der Waals surface area (Å²) in [5, 5.41) is 0.800. The Morgan fingerprint density at radius 1 is 1.09 bits per heavy atom. The maximum Gasteiger partial charge on any atom is 0.272 e. The molecule has 5 rings (SSSR count). The van der Waals surface area contributed by atoms with Crippen molar-refractivity contribution in [2.75, 3.05) is 19.7 Å². The van der Waals surface area contributed by atoms with E-state index in [9.17, 15) is 4.79 Å². The molecular formula is C25H25ClN4O2. The SMILES string of the molecule is O=C(c1cccc(-c2cncnc2)n1)N1CCC2(CC1)CO[C@H](Cc1ccccc1Cl)C2. The van der Waals surface area contributed by atoms with Gasteiger partial charge in [0.15, 0.2) is 0 Å². The standard InChI is InChI=1S/C25H25ClN4O2/c26-21-5-2-1-4-18(21)12-20-13-25(16-32-20)8-10-30(11-9-25)24(31)23-7-3-6-22(29-23)19-14-27-17-28-15-19/h1-7,14-15,17,20H,8-13,16H2/t20-/m1/s1. The Kier molecular flexibility index (Phi) is 5.89. The summed E-state index contributed by atoms with van der Waals surface area (Å²) < 4.78 is 6.16. The number of likely N-dealkylation sites (tertiary alicyclic amines) is 1. The molecule has 2 saturated heterocycles. The Hall–Kier alpha value is -2.83. The summed E-state index contributed by atoms with van der Waals surface area (Å²) in [5.41, 5.74) is 3.25. The van der Waals surface area contributed by atoms with Crippen LogP contribution in [0.2, 0.25) is 5.02 Å². The summed E-state index contributed by atoms with van der Waals surface area (Å²) in [4.78, 5) is 27.7. The average molecular weight is 449 g/mol. The molecule has 0 aliphatic carbocycles. The predicted octanol–water partition coefficient (Wildman–Crippen LogP) is 4.45. The Bertz CT molecular complexity index is 1100. The molecule has 7 heteroatoms. The molecule has 32 heavy (non-hydrogen) atoms. The van der Waals surface area contributed by atoms with Gasteiger partial charge in [-0.1, -0.05) is 35.9 Å². The molecule has 3 aromatic rings. The lowest BCUT2D eigenvalue weighted by atomic mass is 9.76. The van der Waals surface area contributed by atoms with Crippen LogP contribution in [0.15, 0.2) is 61.2 Å². The van der Waals surface area contributed by atoms with Crippen LogP contribution >= 0.6 is 11.6 Å². The van der Waals surface area contributed by atoms with Gasteiger partial charge < -0.3 is 9.64 Å². The van der Waals surface area contributed by atoms with Crippen LogP contribution in [0.4, 0.5) is 0 Å². The van der Waals surface area contributed by atoms with E-state index >= 15 is 0 Å². The van der Waals surface area contributed by atoms with Crippen molar-refractivity contribution in [3.63, 3.8) is 0 Å². The second-order valence-electron chi connectivity index (χ2n) is 8.76. The first-order valence-corrected chi connectivity index (χ1v) is 11.4. The molecule has 2 aliphatic heterocycles. The van der Waals surface area contributed by atoms with Crippen molar-refractivity contribution in [1.82, 2.24) is 19.9 Å². The van der Waals surface area contributed by atoms with Gasteiger partial charge in [-0.15, -0.1) is 0 Å². The highest BCUT2D eigenvalue weighted by molar-refractivity contribution is 6.31. The third-order valence-corrected chi connectivity index (χ3v) is 7.00. The zero-order valence-electron chi connectivity index (χ0n) is 17.8. The lowest BCUT2D eigenvalue weighted by molar-refractivity contribution is 0.0492. The number of halogens is 1. The van der Waals surface area contributed by atoms with E-state index in [2.05, 4.69) is 21.0 Å². The molecule has 0 bridgehead atoms. The fourth-order valence-electron chi connectivity index (χ4n) is 4.78. The molecule has 1 amide bonds. The highest BCUT2D eigenvalue weighted by Gasteiger charge is 2.43. The number of piperidine rings is 1. The smallest absolute Gasteiger partial charge is 0.272 e. The van der Waals surface area contributed by atoms with Gasteiger partial charge in [0.2, 0.25) is 0 Å². The van der Waals surface area contributed by atoms with Crippen LogP contribution < -0.4 is 0 Å². The van der Waals surface area contributed by atoms with E-state index in [-0.39, 0.29) is 17.4 Å². The lowest BCUT2D eigenvalue weighted by Gasteiger charge is -2.38. The molecule has 2 fully saturated rings. The molecule has 0 saturated carbocycles. The molecule has 164 valence electrons. The first-order valence-electron chi connectivity index (χ1n) is 11.0. The summed E-state index contributed by atoms with van der Waals surface area (Å²) in [5.74, 6) is -0.0231. The number of rotatable bonds is 4. The molecule has 0 radical (unpaired) electrons. The van der Waals surface area contributed by atoms with Gasteiger partial charge in [0, 0.05) is 42.5 Å². The number of carbonyl (C=O) groups excluding carboxylic acids is 1. The normalized spacial score (nSPS) is 19.9. The summed E-state index contributed by atoms with van der Waals surface area (Å²) in [7, 11) is 0. The lowest BCUT2D eigenvalue weighted by Crippen LogP contribution is -2.43. The molecule has 6 nitrogen and oxygen atoms in total. The van der Waals surface area contributed by atoms with Crippen LogP contribution in [0, 0.1) is 5.41 Å². The minimum atomic E-state index is -0.0231. The second kappa shape index (κ2) is 8.96. The van der Waals surface area contributed by atoms with Gasteiger partial charge in [0.1, 0.15) is 12.0 Å². The predicted molar refractivity (Wildman–Crippen MR) is 122 cm³/mol. The number of amides is 1. The largest absolute Gasteiger partial charge is 0.377 e. The minimum Gasteiger partial charge on any atom is -0.377 e. The summed E-state index contributed by atoms with van der Waals surface area (Å²) in [6.07, 6.45) is 8.82. The number of pyridine rings is 1. The molecule has 2 aromatic heterocycles. The van der Waals surface area contributed by atoms with Crippen molar-refractivity contribution < 1.29 is 9.53 Å². The van der Waals surface area contributed by atoms with Gasteiger partial charge in [0.05, 0.1) is 18.4 Å². The van der Waals surface area contributed by atoms with E-state index < -0.39 is 0 Å². The third-order valence-electron chi connectivity index (χ3n) is 6.63. The van der Waals surface area contributed by atoms with Crippen molar-refractivity contribution in [3.8, 4) is 11.3 Å². The maximum atomic E-state index is 13.1. The first-order chi connectivity index (χ1) is 15.6. The molecule has 4 heterocycles. The first kappa shape index (κ1) is 21.0. The molecule has 2 aliphatic rings. The number of ether oxygens (including phenoxy) is 1. The zero-order chi connectivity index (χ0) is 22.0. The van der Waals surface area contributed by atoms with Crippen molar-refractivity contribution in [2.24, 2.45) is 5.41 Å². The third kappa shape index (κ3) is 4.38. The Labute approximate surface area is 192 Å². The number of hydrogen-bond acceptors (Lipinski definition) is 5. The van der Waals surface area contributed by atoms with E-state index in [0.29, 0.717) is 11.4 Å². The van der Waals surface area contributed by atoms with Crippen molar-refractivity contribution >= 4 is 17.5 Å². The van der Waals surface area contributed by atoms with Crippen molar-refractivity contribution in [2.45, 2.75) is 31.8 Å². The summed E-state index contributed by atoms with van der Waals surface area (Å²) >= 11 is 6.33. The van der Waals surface area contributed by atoms with E-state index in [4.69, 9.17) is 16.3 Å². The molecule has 1 spiro atoms. The van der Waals surface area contributed by atoms with Gasteiger partial charge >= 0.3 is 0 Å². The average Bonchev–Trinajstić information content (AvgIpc) is 3.23. The fraction of sp³-hybridized carbons (Fsp3) is 0.360. The summed E-state index contributed by atoms with van der Waals surface area (Å²) in [6, 6.07) is 13.5. The van der Waals surface area contributed by atoms with Crippen molar-refractivity contribution in [1.29, 1.82) is 0 Å². The van der Waals surface area contributed by atoms with Gasteiger partial charge in [-0.3, -0.25) is 4.79 Å². The monoisotopic (exact) mass is 448 g/mol. The van der Waals surface area contributed by atoms with Gasteiger partial charge in [0.25, 0.3) is 5.91 Å². The number of benzene rings is 1. The van der Waals surface area contributed by atoms with Gasteiger partial charge in [-0.2, -0.15) is 0 Å². The van der Waals surface area contributed by atoms with Crippen LogP contribution in [-0.4, -0.2) is 51.6 Å². The van der Waals surface area contributed by atoms with Crippen molar-refractivity contribution in [3.05, 3.63) is 77.5 Å². The van der Waals surface area contributed by atoms with Gasteiger partial charge in [-0.05, 0) is 48.4 Å². The number of aromatic nitrogens is 3. The Morgan fingerprint density at radius 3 is 2.66 bits per heavy atom. The molecular weight excluding hydrogens is 424 g/mol. The number of carbonyl (C=O) groups is 1. The maximum absolute atomic E-state index is 13.1. The topological polar surface area (TPSA) is 68.2 Å². The van der Waals surface area contributed by atoms with Crippen LogP contribution in [-0.2, 0) is 11.2 Å². The van der Waals surface area contributed by atoms with Crippen LogP contribution in [0.5, 0.6) is 0 Å². The molecule has 0 N–H and O–H groups in total. The molecule has 0 unspecified atom stereocenters. The van der Waals surface area contributed by atoms with Crippen LogP contribution in [0.25, 0.3) is 11.3 Å². The fourth-order valence-corrected chi connectivity index (χ4v) is 4.99. The summed E-state index contributed by atoms with van der Waals surface area (Å²) in [6.45, 7) is 2.20. The van der Waals surface area contributed by atoms with Crippen LogP contribution in [0.1, 0.15) is 35.3 Å². The van der Waals surface area contributed by atoms with Gasteiger partial charge in [-0.25, -0.2) is 15.0 Å². The Balaban J connectivity index is 1.21. The molecule has 1 aromatic carbocycles. The second-order valence-corrected chi connectivity index (χ2v) is 9.17. The van der Waals surface area contributed by atoms with E-state index in [0.717, 1.165) is 61.5 Å². The molecule has 1 atom stereocenters. The quantitative estimate of drug-likeness (QED) is 0.590. The van der Waals surface area contributed by atoms with E-state index in [1.807, 2.05) is 35.2 Å². The highest BCUT2D eigenvalue weighted by atomic mass is 35.5.